The molecule has 6 aromatic carbocycles. The normalized spacial score (nSPS) is 13.4. The number of amides is 6. The first-order valence-electron chi connectivity index (χ1n) is 45.8. The monoisotopic (exact) mass is 2120 g/mol. The van der Waals surface area contributed by atoms with Crippen LogP contribution >= 0.6 is 55.9 Å². The molecule has 12 N–H and O–H groups in total. The van der Waals surface area contributed by atoms with E-state index < -0.39 is 89.2 Å². The molecule has 0 radical (unpaired) electrons. The highest BCUT2D eigenvalue weighted by Gasteiger charge is 2.30. The number of phenols is 1. The van der Waals surface area contributed by atoms with Crippen molar-refractivity contribution in [1.29, 1.82) is 0 Å². The zero-order valence-electron chi connectivity index (χ0n) is 81.1. The number of likely N-dealkylation sites (N-methyl/N-ethyl adjacent to an activating group) is 2. The van der Waals surface area contributed by atoms with Crippen molar-refractivity contribution >= 4 is 132 Å². The van der Waals surface area contributed by atoms with Crippen molar-refractivity contribution < 1.29 is 148 Å². The number of aliphatic carboxylic acids is 1. The lowest BCUT2D eigenvalue weighted by Crippen LogP contribution is -2.47. The van der Waals surface area contributed by atoms with Crippen molar-refractivity contribution in [2.24, 2.45) is 5.73 Å². The number of alkyl halides is 1. The molecule has 144 heavy (non-hydrogen) atoms. The number of phenolic OH excluding ortho intramolecular Hbond substituents is 1. The maximum absolute atomic E-state index is 14.0. The van der Waals surface area contributed by atoms with Gasteiger partial charge in [-0.3, -0.25) is 42.3 Å². The van der Waals surface area contributed by atoms with Crippen molar-refractivity contribution in [2.45, 2.75) is 62.9 Å². The van der Waals surface area contributed by atoms with E-state index in [0.717, 1.165) is 49.6 Å². The lowest BCUT2D eigenvalue weighted by Gasteiger charge is -2.32. The summed E-state index contributed by atoms with van der Waals surface area (Å²) in [7, 11) is -2.93. The van der Waals surface area contributed by atoms with Crippen molar-refractivity contribution in [1.82, 2.24) is 50.4 Å². The Morgan fingerprint density at radius 1 is 0.625 bits per heavy atom. The molecule has 50 heteroatoms. The van der Waals surface area contributed by atoms with E-state index in [1.807, 2.05) is 78.9 Å². The van der Waals surface area contributed by atoms with Gasteiger partial charge in [0.1, 0.15) is 55.8 Å². The average molecular weight is 2130 g/mol. The van der Waals surface area contributed by atoms with E-state index in [4.69, 9.17) is 89.3 Å². The van der Waals surface area contributed by atoms with Crippen LogP contribution in [-0.2, 0) is 109 Å². The van der Waals surface area contributed by atoms with E-state index in [-0.39, 0.29) is 246 Å². The summed E-state index contributed by atoms with van der Waals surface area (Å²) in [6, 6.07) is 42.0. The number of carboxylic acids is 1. The molecule has 6 amide bonds. The standard InChI is InChI=1S/C94H128ClN14O30P3S2/c1-7-80(70-11-9-8-10-12-70)85(71-19-25-76(110)26-20-71)72-21-29-77(30-22-72)135-48-42-107(38-35-95)140(6,120)137-62-69-15-31-79(32-16-69)144-143-64-81(96)89(114)99-37-45-128-51-53-129-46-40-106(84(112)63-132-57-58-134-67-141(121,122)66-133-50-49-126-5)41-47-130-54-56-131-55-52-127-44-36-98-83(111)34-33-82(91(116)117)102-88(113)73-17-23-75(24-18-73)108(60-74-59-100-87-86(101-74)90(115)104-92(97)103-87)94(119)136-61-68-13-27-78(28-14-68)139-93(118)105(2)39-43-109(3,4)65-138-142(123,124)125/h8-32,59,81-82H,7,33-58,60-67,96H2,1-6H3,(H10-,97,98,99,100,102,103,104,110,111,113,114,115,116,117,121,122,123,124,125)/b85-80-. The number of hydrogen-bond donors (Lipinski definition) is 10. The Labute approximate surface area is 848 Å². The number of methoxy groups -OCH3 is 1. The molecule has 5 atom stereocenters. The summed E-state index contributed by atoms with van der Waals surface area (Å²) >= 11 is 6.20. The van der Waals surface area contributed by atoms with Gasteiger partial charge in [0.15, 0.2) is 17.9 Å². The average Bonchev–Trinajstić information content (AvgIpc) is 0.801. The van der Waals surface area contributed by atoms with Crippen LogP contribution in [-0.4, -0.2) is 342 Å². The minimum absolute atomic E-state index is 0.0176. The number of nitrogens with two attached hydrogens (primary N) is 2. The highest BCUT2D eigenvalue weighted by atomic mass is 35.5. The number of phosphoric acid groups is 1. The first-order chi connectivity index (χ1) is 69.0. The third-order valence-electron chi connectivity index (χ3n) is 21.0. The second-order valence-corrected chi connectivity index (χ2v) is 41.4. The molecular weight excluding hydrogens is 2000 g/mol. The number of anilines is 2. The van der Waals surface area contributed by atoms with Gasteiger partial charge in [0.2, 0.25) is 36.9 Å². The first-order valence-corrected chi connectivity index (χ1v) is 54.2. The number of halogens is 1. The number of phosphoric ester groups is 1. The van der Waals surface area contributed by atoms with Crippen LogP contribution in [0.2, 0.25) is 0 Å². The Hall–Kier alpha value is -10.4. The van der Waals surface area contributed by atoms with Crippen LogP contribution in [0.5, 0.6) is 23.1 Å². The molecule has 0 aliphatic rings. The van der Waals surface area contributed by atoms with Crippen LogP contribution in [0.15, 0.2) is 163 Å². The van der Waals surface area contributed by atoms with Gasteiger partial charge in [-0.2, -0.15) is 9.97 Å². The fraction of sp³-hybridized carbons (Fsp3) is 0.457. The van der Waals surface area contributed by atoms with Gasteiger partial charge in [0.05, 0.1) is 151 Å². The lowest BCUT2D eigenvalue weighted by molar-refractivity contribution is -0.906. The van der Waals surface area contributed by atoms with Crippen molar-refractivity contribution in [3.63, 3.8) is 0 Å². The molecule has 0 fully saturated rings. The molecule has 44 nitrogen and oxygen atoms in total. The number of fused-ring (bicyclic) bond motifs is 1. The quantitative estimate of drug-likeness (QED) is 0.00323. The fourth-order valence-electron chi connectivity index (χ4n) is 13.2. The van der Waals surface area contributed by atoms with Gasteiger partial charge < -0.3 is 133 Å². The number of aromatic hydroxyl groups is 2. The summed E-state index contributed by atoms with van der Waals surface area (Å²) in [5.41, 5.74) is 18.6. The molecule has 0 saturated carbocycles. The number of aromatic nitrogens is 4. The van der Waals surface area contributed by atoms with Gasteiger partial charge in [0, 0.05) is 94.3 Å². The van der Waals surface area contributed by atoms with Gasteiger partial charge in [-0.05, 0) is 125 Å². The highest BCUT2D eigenvalue weighted by molar-refractivity contribution is 8.76. The predicted molar refractivity (Wildman–Crippen MR) is 537 cm³/mol. The molecule has 0 aliphatic heterocycles. The Morgan fingerprint density at radius 2 is 1.20 bits per heavy atom. The molecule has 5 unspecified atom stereocenters. The van der Waals surface area contributed by atoms with Gasteiger partial charge in [-0.25, -0.2) is 29.0 Å². The number of rotatable bonds is 70. The van der Waals surface area contributed by atoms with E-state index in [1.54, 1.807) is 49.7 Å². The number of nitrogens with one attached hydrogen (secondary N) is 3. The zero-order valence-corrected chi connectivity index (χ0v) is 86.1. The topological polar surface area (TPSA) is 577 Å². The second kappa shape index (κ2) is 63.2. The molecule has 8 aromatic rings. The lowest BCUT2D eigenvalue weighted by atomic mass is 9.88. The third-order valence-corrected chi connectivity index (χ3v) is 27.2. The zero-order chi connectivity index (χ0) is 104. The second-order valence-electron chi connectivity index (χ2n) is 32.7. The van der Waals surface area contributed by atoms with Crippen LogP contribution in [0.3, 0.4) is 0 Å². The highest BCUT2D eigenvalue weighted by Crippen LogP contribution is 2.48. The van der Waals surface area contributed by atoms with Gasteiger partial charge in [-0.1, -0.05) is 107 Å². The molecule has 8 rings (SSSR count). The predicted octanol–water partition coefficient (Wildman–Crippen LogP) is 8.78. The van der Waals surface area contributed by atoms with Crippen molar-refractivity contribution in [3.05, 3.63) is 197 Å². The summed E-state index contributed by atoms with van der Waals surface area (Å²) in [6.07, 6.45) is -1.06. The van der Waals surface area contributed by atoms with E-state index in [2.05, 4.69) is 59.5 Å². The summed E-state index contributed by atoms with van der Waals surface area (Å²) in [5, 5.41) is 38.5. The Balaban J connectivity index is 0.681. The van der Waals surface area contributed by atoms with Crippen LogP contribution in [0, 0.1) is 0 Å². The summed E-state index contributed by atoms with van der Waals surface area (Å²) in [6.45, 7) is 5.94. The first kappa shape index (κ1) is 119. The number of benzene rings is 6. The number of quaternary nitrogens is 1. The smallest absolute Gasteiger partial charge is 0.415 e. The van der Waals surface area contributed by atoms with E-state index in [1.165, 1.54) is 88.1 Å². The van der Waals surface area contributed by atoms with Gasteiger partial charge in [-0.15, -0.1) is 11.6 Å². The Morgan fingerprint density at radius 3 is 1.82 bits per heavy atom. The Kier molecular flexibility index (Phi) is 52.1. The molecular formula is C94H128ClN14O30P3S2. The fourth-order valence-corrected chi connectivity index (χ4v) is 18.5. The number of nitrogen functional groups attached to an aromatic ring is 1. The number of carboxylic acid groups (broad SMARTS) is 1. The number of allylic oxidation sites excluding steroid dienone is 1. The molecule has 0 spiro atoms. The minimum Gasteiger partial charge on any atom is -0.756 e. The van der Waals surface area contributed by atoms with E-state index in [9.17, 15) is 72.4 Å². The maximum Gasteiger partial charge on any atom is 0.415 e. The van der Waals surface area contributed by atoms with Crippen LogP contribution < -0.4 is 46.7 Å². The molecule has 2 heterocycles. The van der Waals surface area contributed by atoms with Gasteiger partial charge >= 0.3 is 18.2 Å². The third kappa shape index (κ3) is 44.5. The summed E-state index contributed by atoms with van der Waals surface area (Å²) < 4.78 is 116. The number of carbonyl (C=O) groups excluding carboxylic acids is 6. The minimum atomic E-state index is -4.95. The molecule has 0 bridgehead atoms. The number of ether oxygens (including phenoxy) is 12. The van der Waals surface area contributed by atoms with Crippen molar-refractivity contribution in [2.75, 3.05) is 235 Å². The maximum atomic E-state index is 14.0. The largest absolute Gasteiger partial charge is 0.756 e. The molecule has 788 valence electrons. The van der Waals surface area contributed by atoms with E-state index >= 15 is 0 Å². The van der Waals surface area contributed by atoms with Crippen LogP contribution in [0.4, 0.5) is 21.2 Å². The number of carbonyl (C=O) groups is 7. The number of nitrogens with zero attached hydrogens (tertiary/aromatic N) is 9. The van der Waals surface area contributed by atoms with Gasteiger partial charge in [0.25, 0.3) is 21.2 Å². The molecule has 0 aliphatic carbocycles. The van der Waals surface area contributed by atoms with Crippen LogP contribution in [0.1, 0.15) is 70.1 Å². The molecule has 0 saturated heterocycles. The number of hydrogen-bond acceptors (Lipinski definition) is 35. The summed E-state index contributed by atoms with van der Waals surface area (Å²) in [5.74, 6) is -2.80. The Bertz CT molecular complexity index is 5500. The van der Waals surface area contributed by atoms with Crippen LogP contribution in [0.25, 0.3) is 22.3 Å². The van der Waals surface area contributed by atoms with E-state index in [0.29, 0.717) is 30.2 Å². The van der Waals surface area contributed by atoms with Crippen molar-refractivity contribution in [3.8, 4) is 23.1 Å². The summed E-state index contributed by atoms with van der Waals surface area (Å²) in [4.78, 5) is 143. The SMILES string of the molecule is CC/C(=C(\c1ccc(O)cc1)c1ccc(OCCN(CCCl)P(C)(=O)OCc2ccc(SSCC(N)C(=O)NCCOCCOCCN(CCOCCOCCOCCNC(=O)CCC(NC(=O)c3ccc(N(Cc4cnc5nc(N)nc(O)c5n4)C(=O)OCc4ccc(OC(=O)N(C)CC[N+](C)(C)COP(=O)([O-])O)cc4)cc3)C(=O)O)C(=O)COCCOCP(=O)(O)COCCOC)cc2)cc1)c1ccccc1. The molecule has 2 aromatic heterocycles.